The van der Waals surface area contributed by atoms with Crippen LogP contribution in [0.3, 0.4) is 0 Å². The standard InChI is InChI=1S/C40H51ClN2O10/c1-3-18-51-40-36(43(39(47)48-19-15-41)24-26-11-13-34-35(20-26)50-25-49-34)23-32(42-52-4-2)30-21-27(9-5-7-16-44)29(10-6-8-17-45)37(38(30)40)31-22-28(46)12-14-33(31)53-40/h3,11-14,20-22,27,29,36-38,44-46H,1,4-10,15-19,23-25H2,2H3. The minimum absolute atomic E-state index is 0.00617. The van der Waals surface area contributed by atoms with E-state index in [1.165, 1.54) is 0 Å². The molecule has 1 saturated carbocycles. The highest BCUT2D eigenvalue weighted by Crippen LogP contribution is 2.62. The molecule has 6 unspecified atom stereocenters. The van der Waals surface area contributed by atoms with Crippen molar-refractivity contribution < 1.29 is 48.6 Å². The van der Waals surface area contributed by atoms with Crippen molar-refractivity contribution >= 4 is 23.4 Å². The molecule has 2 aromatic carbocycles. The Labute approximate surface area is 315 Å². The van der Waals surface area contributed by atoms with Crippen LogP contribution in [0.15, 0.2) is 65.9 Å². The number of aliphatic hydroxyl groups is 2. The van der Waals surface area contributed by atoms with Crippen LogP contribution in [0.25, 0.3) is 0 Å². The third-order valence-corrected chi connectivity index (χ3v) is 10.8. The lowest BCUT2D eigenvalue weighted by atomic mass is 9.55. The molecule has 2 aliphatic heterocycles. The Kier molecular flexibility index (Phi) is 13.1. The first-order valence-electron chi connectivity index (χ1n) is 18.7. The van der Waals surface area contributed by atoms with E-state index in [1.54, 1.807) is 29.2 Å². The molecule has 2 aliphatic carbocycles. The third kappa shape index (κ3) is 8.11. The number of carbonyl (C=O) groups excluding carboxylic acids is 1. The van der Waals surface area contributed by atoms with E-state index in [2.05, 4.69) is 12.7 Å². The van der Waals surface area contributed by atoms with Crippen LogP contribution in [-0.2, 0) is 20.9 Å². The SMILES string of the molecule is C=CCOC12Oc3ccc(O)cc3C3C(CCCCO)C(CCCCO)C=C(C(=NOCC)CC1N(Cc1ccc4c(c1)OCO4)C(=O)OCCCl)C32. The first-order valence-corrected chi connectivity index (χ1v) is 19.2. The monoisotopic (exact) mass is 754 g/mol. The first kappa shape index (κ1) is 38.7. The van der Waals surface area contributed by atoms with Crippen molar-refractivity contribution in [1.82, 2.24) is 4.90 Å². The van der Waals surface area contributed by atoms with Gasteiger partial charge in [-0.1, -0.05) is 36.2 Å². The molecule has 0 radical (unpaired) electrons. The van der Waals surface area contributed by atoms with Gasteiger partial charge in [0.15, 0.2) is 11.5 Å². The number of unbranched alkanes of at least 4 members (excludes halogenated alkanes) is 2. The average Bonchev–Trinajstić information content (AvgIpc) is 3.64. The van der Waals surface area contributed by atoms with Gasteiger partial charge in [-0.05, 0) is 85.9 Å². The Morgan fingerprint density at radius 3 is 2.60 bits per heavy atom. The Hall–Kier alpha value is -3.97. The van der Waals surface area contributed by atoms with Crippen LogP contribution >= 0.6 is 11.6 Å². The van der Waals surface area contributed by atoms with Crippen molar-refractivity contribution in [1.29, 1.82) is 0 Å². The summed E-state index contributed by atoms with van der Waals surface area (Å²) in [4.78, 5) is 21.7. The summed E-state index contributed by atoms with van der Waals surface area (Å²) >= 11 is 6.03. The maximum atomic E-state index is 14.3. The number of alkyl halides is 1. The molecule has 4 aliphatic rings. The summed E-state index contributed by atoms with van der Waals surface area (Å²) in [6, 6.07) is 9.88. The zero-order chi connectivity index (χ0) is 37.4. The van der Waals surface area contributed by atoms with E-state index in [-0.39, 0.29) is 75.6 Å². The second-order valence-corrected chi connectivity index (χ2v) is 14.2. The van der Waals surface area contributed by atoms with E-state index in [4.69, 9.17) is 45.3 Å². The zero-order valence-corrected chi connectivity index (χ0v) is 31.0. The van der Waals surface area contributed by atoms with Gasteiger partial charge in [0.1, 0.15) is 30.8 Å². The van der Waals surface area contributed by atoms with E-state index in [1.807, 2.05) is 25.1 Å². The summed E-state index contributed by atoms with van der Waals surface area (Å²) in [5.41, 5.74) is 3.18. The lowest BCUT2D eigenvalue weighted by molar-refractivity contribution is -0.256. The molecule has 0 saturated heterocycles. The van der Waals surface area contributed by atoms with Gasteiger partial charge in [-0.3, -0.25) is 4.90 Å². The largest absolute Gasteiger partial charge is 0.508 e. The molecule has 6 atom stereocenters. The number of carbonyl (C=O) groups is 1. The maximum Gasteiger partial charge on any atom is 0.410 e. The van der Waals surface area contributed by atoms with Crippen molar-refractivity contribution in [2.24, 2.45) is 22.9 Å². The molecular formula is C40H51ClN2O10. The van der Waals surface area contributed by atoms with Crippen molar-refractivity contribution in [2.75, 3.05) is 45.7 Å². The highest BCUT2D eigenvalue weighted by atomic mass is 35.5. The van der Waals surface area contributed by atoms with Crippen LogP contribution in [0.2, 0.25) is 0 Å². The number of ether oxygens (including phenoxy) is 5. The smallest absolute Gasteiger partial charge is 0.410 e. The van der Waals surface area contributed by atoms with Crippen LogP contribution in [-0.4, -0.2) is 89.6 Å². The number of benzene rings is 2. The number of nitrogens with zero attached hydrogens (tertiary/aromatic N) is 2. The van der Waals surface area contributed by atoms with Gasteiger partial charge in [0.25, 0.3) is 0 Å². The summed E-state index contributed by atoms with van der Waals surface area (Å²) < 4.78 is 31.1. The molecule has 3 N–H and O–H groups in total. The van der Waals surface area contributed by atoms with Crippen LogP contribution in [0.4, 0.5) is 4.79 Å². The molecule has 1 amide bonds. The quantitative estimate of drug-likeness (QED) is 0.0654. The number of fused-ring (bicyclic) bond motifs is 3. The predicted molar refractivity (Wildman–Crippen MR) is 198 cm³/mol. The molecule has 1 fully saturated rings. The van der Waals surface area contributed by atoms with Crippen molar-refractivity contribution in [3.05, 3.63) is 71.8 Å². The lowest BCUT2D eigenvalue weighted by Gasteiger charge is -2.59. The van der Waals surface area contributed by atoms with E-state index < -0.39 is 23.8 Å². The summed E-state index contributed by atoms with van der Waals surface area (Å²) in [5.74, 6) is -0.168. The van der Waals surface area contributed by atoms with Gasteiger partial charge in [-0.15, -0.1) is 18.2 Å². The Morgan fingerprint density at radius 1 is 1.08 bits per heavy atom. The van der Waals surface area contributed by atoms with Crippen LogP contribution in [0.5, 0.6) is 23.0 Å². The molecule has 0 spiro atoms. The normalized spacial score (nSPS) is 25.8. The number of aliphatic hydroxyl groups excluding tert-OH is 2. The number of halogens is 1. The van der Waals surface area contributed by atoms with E-state index in [0.29, 0.717) is 42.4 Å². The Balaban J connectivity index is 1.57. The molecule has 2 aromatic rings. The summed E-state index contributed by atoms with van der Waals surface area (Å²) in [5, 5.41) is 35.1. The number of rotatable bonds is 18. The van der Waals surface area contributed by atoms with Gasteiger partial charge in [-0.25, -0.2) is 4.79 Å². The van der Waals surface area contributed by atoms with E-state index in [0.717, 1.165) is 42.4 Å². The highest BCUT2D eigenvalue weighted by molar-refractivity contribution is 6.18. The summed E-state index contributed by atoms with van der Waals surface area (Å²) in [6.45, 7) is 6.68. The zero-order valence-electron chi connectivity index (χ0n) is 30.3. The van der Waals surface area contributed by atoms with Crippen LogP contribution < -0.4 is 14.2 Å². The second-order valence-electron chi connectivity index (χ2n) is 13.8. The number of amides is 1. The first-order chi connectivity index (χ1) is 25.9. The molecule has 6 rings (SSSR count). The minimum atomic E-state index is -1.47. The second kappa shape index (κ2) is 17.9. The van der Waals surface area contributed by atoms with E-state index in [9.17, 15) is 20.1 Å². The highest BCUT2D eigenvalue weighted by Gasteiger charge is 2.65. The molecule has 13 heteroatoms. The minimum Gasteiger partial charge on any atom is -0.508 e. The number of hydrogen-bond acceptors (Lipinski definition) is 11. The van der Waals surface area contributed by atoms with Crippen LogP contribution in [0, 0.1) is 17.8 Å². The van der Waals surface area contributed by atoms with Crippen molar-refractivity contribution in [2.45, 2.75) is 76.2 Å². The summed E-state index contributed by atoms with van der Waals surface area (Å²) in [7, 11) is 0. The molecule has 53 heavy (non-hydrogen) atoms. The van der Waals surface area contributed by atoms with Crippen molar-refractivity contribution in [3.8, 4) is 23.0 Å². The Morgan fingerprint density at radius 2 is 1.85 bits per heavy atom. The molecule has 288 valence electrons. The molecule has 0 bridgehead atoms. The van der Waals surface area contributed by atoms with Gasteiger partial charge in [0.2, 0.25) is 12.6 Å². The number of hydrogen-bond donors (Lipinski definition) is 3. The van der Waals surface area contributed by atoms with Gasteiger partial charge in [0, 0.05) is 37.7 Å². The number of allylic oxidation sites excluding steroid dienone is 1. The Bertz CT molecular complexity index is 1650. The lowest BCUT2D eigenvalue weighted by Crippen LogP contribution is -2.70. The predicted octanol–water partition coefficient (Wildman–Crippen LogP) is 6.65. The van der Waals surface area contributed by atoms with Gasteiger partial charge < -0.3 is 43.8 Å². The molecule has 2 heterocycles. The van der Waals surface area contributed by atoms with E-state index >= 15 is 0 Å². The number of aromatic hydroxyl groups is 1. The third-order valence-electron chi connectivity index (χ3n) is 10.7. The fraction of sp³-hybridized carbons (Fsp3) is 0.550. The van der Waals surface area contributed by atoms with Gasteiger partial charge >= 0.3 is 6.09 Å². The summed E-state index contributed by atoms with van der Waals surface area (Å²) in [6.07, 6.45) is 8.05. The fourth-order valence-corrected chi connectivity index (χ4v) is 8.62. The topological polar surface area (TPSA) is 149 Å². The molecule has 12 nitrogen and oxygen atoms in total. The van der Waals surface area contributed by atoms with Crippen LogP contribution in [0.1, 0.15) is 68.9 Å². The molecule has 0 aromatic heterocycles. The van der Waals surface area contributed by atoms with Gasteiger partial charge in [0.05, 0.1) is 24.1 Å². The number of phenols is 1. The van der Waals surface area contributed by atoms with Gasteiger partial charge in [-0.2, -0.15) is 0 Å². The fourth-order valence-electron chi connectivity index (χ4n) is 8.55. The maximum absolute atomic E-state index is 14.3. The molecular weight excluding hydrogens is 704 g/mol. The number of phenolic OH excluding ortho intramolecular Hbond substituents is 1. The number of oxime groups is 1. The average molecular weight is 755 g/mol. The van der Waals surface area contributed by atoms with Crippen molar-refractivity contribution in [3.63, 3.8) is 0 Å².